The third-order valence-corrected chi connectivity index (χ3v) is 2.84. The van der Waals surface area contributed by atoms with Gasteiger partial charge in [-0.3, -0.25) is 0 Å². The van der Waals surface area contributed by atoms with E-state index in [0.29, 0.717) is 0 Å². The standard InChI is InChI=1S/C15H24O/c1-5-13(3)8-7-9-15(6-2)11-10-14(4)12-16/h8,11H,5-7,9-10H2,1-4H3/b13-8+,15-11-. The molecule has 0 rings (SSSR count). The molecule has 0 atom stereocenters. The number of hydrogen-bond acceptors (Lipinski definition) is 1. The summed E-state index contributed by atoms with van der Waals surface area (Å²) in [6.07, 6.45) is 9.68. The van der Waals surface area contributed by atoms with Gasteiger partial charge in [-0.1, -0.05) is 37.1 Å². The molecule has 0 heterocycles. The van der Waals surface area contributed by atoms with Crippen LogP contribution in [0.1, 0.15) is 59.8 Å². The average molecular weight is 220 g/mol. The van der Waals surface area contributed by atoms with Gasteiger partial charge in [0.2, 0.25) is 0 Å². The van der Waals surface area contributed by atoms with E-state index >= 15 is 0 Å². The van der Waals surface area contributed by atoms with Crippen LogP contribution in [0.3, 0.4) is 0 Å². The Bertz CT molecular complexity index is 301. The highest BCUT2D eigenvalue weighted by Gasteiger charge is 1.95. The van der Waals surface area contributed by atoms with Crippen molar-refractivity contribution in [2.75, 3.05) is 0 Å². The summed E-state index contributed by atoms with van der Waals surface area (Å²) in [5.74, 6) is 1.94. The lowest BCUT2D eigenvalue weighted by Gasteiger charge is -2.03. The Morgan fingerprint density at radius 2 is 1.81 bits per heavy atom. The second-order valence-corrected chi connectivity index (χ2v) is 4.25. The molecule has 0 spiro atoms. The lowest BCUT2D eigenvalue weighted by molar-refractivity contribution is 0.566. The lowest BCUT2D eigenvalue weighted by atomic mass is 10.0. The molecule has 0 aromatic carbocycles. The minimum absolute atomic E-state index is 0.753. The fourth-order valence-electron chi connectivity index (χ4n) is 1.41. The maximum absolute atomic E-state index is 10.3. The molecule has 0 bridgehead atoms. The Kier molecular flexibility index (Phi) is 8.56. The van der Waals surface area contributed by atoms with Gasteiger partial charge in [-0.15, -0.1) is 0 Å². The van der Waals surface area contributed by atoms with Crippen LogP contribution >= 0.6 is 0 Å². The molecule has 0 amide bonds. The molecule has 1 heteroatoms. The molecule has 0 aromatic heterocycles. The van der Waals surface area contributed by atoms with Crippen LogP contribution in [-0.4, -0.2) is 5.94 Å². The largest absolute Gasteiger partial charge is 0.234 e. The fraction of sp³-hybridized carbons (Fsp3) is 0.600. The Hall–Kier alpha value is -1.07. The second kappa shape index (κ2) is 9.18. The normalized spacial score (nSPS) is 12.5. The van der Waals surface area contributed by atoms with Crippen LogP contribution in [0.15, 0.2) is 28.9 Å². The van der Waals surface area contributed by atoms with Crippen molar-refractivity contribution >= 4 is 5.94 Å². The van der Waals surface area contributed by atoms with Crippen molar-refractivity contribution < 1.29 is 4.79 Å². The molecule has 0 unspecified atom stereocenters. The molecule has 0 aliphatic heterocycles. The van der Waals surface area contributed by atoms with Crippen molar-refractivity contribution in [3.8, 4) is 0 Å². The monoisotopic (exact) mass is 220 g/mol. The summed E-state index contributed by atoms with van der Waals surface area (Å²) in [7, 11) is 0. The smallest absolute Gasteiger partial charge is 0.123 e. The maximum Gasteiger partial charge on any atom is 0.123 e. The van der Waals surface area contributed by atoms with Crippen molar-refractivity contribution in [3.63, 3.8) is 0 Å². The number of hydrogen-bond donors (Lipinski definition) is 0. The summed E-state index contributed by atoms with van der Waals surface area (Å²) in [4.78, 5) is 10.3. The van der Waals surface area contributed by atoms with Gasteiger partial charge in [0.1, 0.15) is 5.94 Å². The summed E-state index contributed by atoms with van der Waals surface area (Å²) >= 11 is 0. The average Bonchev–Trinajstić information content (AvgIpc) is 2.32. The number of allylic oxidation sites excluding steroid dienone is 5. The molecule has 0 saturated heterocycles. The minimum Gasteiger partial charge on any atom is -0.234 e. The van der Waals surface area contributed by atoms with Crippen LogP contribution in [-0.2, 0) is 4.79 Å². The zero-order chi connectivity index (χ0) is 12.4. The van der Waals surface area contributed by atoms with Gasteiger partial charge in [0.25, 0.3) is 0 Å². The van der Waals surface area contributed by atoms with Gasteiger partial charge in [0.05, 0.1) is 0 Å². The van der Waals surface area contributed by atoms with E-state index in [1.165, 1.54) is 11.1 Å². The molecule has 90 valence electrons. The van der Waals surface area contributed by atoms with Crippen LogP contribution < -0.4 is 0 Å². The maximum atomic E-state index is 10.3. The van der Waals surface area contributed by atoms with Crippen LogP contribution in [0.25, 0.3) is 0 Å². The van der Waals surface area contributed by atoms with E-state index < -0.39 is 0 Å². The topological polar surface area (TPSA) is 17.1 Å². The van der Waals surface area contributed by atoms with Gasteiger partial charge in [0, 0.05) is 5.57 Å². The first-order valence-corrected chi connectivity index (χ1v) is 6.18. The summed E-state index contributed by atoms with van der Waals surface area (Å²) in [5.41, 5.74) is 3.68. The summed E-state index contributed by atoms with van der Waals surface area (Å²) in [5, 5.41) is 0. The van der Waals surface area contributed by atoms with Crippen LogP contribution in [0, 0.1) is 0 Å². The van der Waals surface area contributed by atoms with Gasteiger partial charge in [0.15, 0.2) is 0 Å². The molecule has 0 aliphatic rings. The van der Waals surface area contributed by atoms with Gasteiger partial charge >= 0.3 is 0 Å². The number of carbonyl (C=O) groups excluding carboxylic acids is 1. The van der Waals surface area contributed by atoms with Crippen LogP contribution in [0.2, 0.25) is 0 Å². The molecule has 0 fully saturated rings. The molecular weight excluding hydrogens is 196 g/mol. The predicted molar refractivity (Wildman–Crippen MR) is 71.2 cm³/mol. The van der Waals surface area contributed by atoms with Crippen LogP contribution in [0.4, 0.5) is 0 Å². The second-order valence-electron chi connectivity index (χ2n) is 4.25. The third kappa shape index (κ3) is 7.25. The molecule has 0 saturated carbocycles. The van der Waals surface area contributed by atoms with E-state index in [0.717, 1.165) is 37.7 Å². The highest BCUT2D eigenvalue weighted by atomic mass is 16.1. The van der Waals surface area contributed by atoms with Gasteiger partial charge in [-0.25, -0.2) is 4.79 Å². The van der Waals surface area contributed by atoms with Crippen molar-refractivity contribution in [1.82, 2.24) is 0 Å². The first-order valence-electron chi connectivity index (χ1n) is 6.18. The quantitative estimate of drug-likeness (QED) is 0.451. The Morgan fingerprint density at radius 1 is 1.12 bits per heavy atom. The predicted octanol–water partition coefficient (Wildman–Crippen LogP) is 4.63. The first kappa shape index (κ1) is 14.9. The summed E-state index contributed by atoms with van der Waals surface area (Å²) in [6, 6.07) is 0. The van der Waals surface area contributed by atoms with Crippen molar-refractivity contribution in [1.29, 1.82) is 0 Å². The van der Waals surface area contributed by atoms with E-state index in [2.05, 4.69) is 32.9 Å². The lowest BCUT2D eigenvalue weighted by Crippen LogP contribution is -1.84. The highest BCUT2D eigenvalue weighted by molar-refractivity contribution is 5.51. The first-order chi connectivity index (χ1) is 7.63. The molecule has 16 heavy (non-hydrogen) atoms. The van der Waals surface area contributed by atoms with E-state index in [1.54, 1.807) is 0 Å². The van der Waals surface area contributed by atoms with Crippen LogP contribution in [0.5, 0.6) is 0 Å². The van der Waals surface area contributed by atoms with E-state index in [4.69, 9.17) is 0 Å². The minimum atomic E-state index is 0.753. The van der Waals surface area contributed by atoms with Crippen molar-refractivity contribution in [2.24, 2.45) is 0 Å². The number of rotatable bonds is 7. The SMILES string of the molecule is CC/C(=C/CC(C)=C=O)CC/C=C(\C)CC. The molecule has 0 aromatic rings. The van der Waals surface area contributed by atoms with E-state index in [9.17, 15) is 4.79 Å². The Labute approximate surface area is 99.9 Å². The molecular formula is C15H24O. The van der Waals surface area contributed by atoms with Gasteiger partial charge in [-0.2, -0.15) is 0 Å². The Morgan fingerprint density at radius 3 is 2.31 bits per heavy atom. The third-order valence-electron chi connectivity index (χ3n) is 2.84. The molecule has 0 N–H and O–H groups in total. The van der Waals surface area contributed by atoms with Gasteiger partial charge in [-0.05, 0) is 46.0 Å². The van der Waals surface area contributed by atoms with E-state index in [1.807, 2.05) is 12.9 Å². The van der Waals surface area contributed by atoms with E-state index in [-0.39, 0.29) is 0 Å². The van der Waals surface area contributed by atoms with Gasteiger partial charge < -0.3 is 0 Å². The van der Waals surface area contributed by atoms with Crippen molar-refractivity contribution in [3.05, 3.63) is 28.9 Å². The summed E-state index contributed by atoms with van der Waals surface area (Å²) < 4.78 is 0. The Balaban J connectivity index is 4.15. The molecule has 1 nitrogen and oxygen atoms in total. The molecule has 0 aliphatic carbocycles. The zero-order valence-corrected chi connectivity index (χ0v) is 11.1. The summed E-state index contributed by atoms with van der Waals surface area (Å²) in [6.45, 7) is 8.36. The molecule has 0 radical (unpaired) electrons. The van der Waals surface area contributed by atoms with Crippen molar-refractivity contribution in [2.45, 2.75) is 59.8 Å². The zero-order valence-electron chi connectivity index (χ0n) is 11.1. The fourth-order valence-corrected chi connectivity index (χ4v) is 1.41. The highest BCUT2D eigenvalue weighted by Crippen LogP contribution is 2.14.